The van der Waals surface area contributed by atoms with Gasteiger partial charge >= 0.3 is 11.9 Å². The number of carbonyl (C=O) groups excluding carboxylic acids is 2. The molecule has 1 aliphatic carbocycles. The fourth-order valence-electron chi connectivity index (χ4n) is 6.16. The Labute approximate surface area is 219 Å². The summed E-state index contributed by atoms with van der Waals surface area (Å²) in [5.74, 6) is -1.35. The molecular weight excluding hydrogens is 474 g/mol. The summed E-state index contributed by atoms with van der Waals surface area (Å²) in [6.07, 6.45) is 7.06. The number of hydrogen-bond acceptors (Lipinski definition) is 7. The Kier molecular flexibility index (Phi) is 8.31. The van der Waals surface area contributed by atoms with Crippen LogP contribution in [0.4, 0.5) is 0 Å². The van der Waals surface area contributed by atoms with Crippen molar-refractivity contribution in [2.24, 2.45) is 23.7 Å². The fourth-order valence-corrected chi connectivity index (χ4v) is 6.16. The van der Waals surface area contributed by atoms with Crippen LogP contribution in [0.2, 0.25) is 0 Å². The van der Waals surface area contributed by atoms with Crippen molar-refractivity contribution in [3.63, 3.8) is 0 Å². The van der Waals surface area contributed by atoms with E-state index < -0.39 is 36.0 Å². The topological polar surface area (TPSA) is 107 Å². The number of nitrogens with one attached hydrogen (secondary N) is 1. The number of ether oxygens (including phenoxy) is 4. The van der Waals surface area contributed by atoms with Crippen LogP contribution in [0.3, 0.4) is 0 Å². The van der Waals surface area contributed by atoms with E-state index in [4.69, 9.17) is 18.9 Å². The molecular formula is C29H41NO7. The van der Waals surface area contributed by atoms with Crippen LogP contribution in [0.5, 0.6) is 0 Å². The molecule has 2 bridgehead atoms. The summed E-state index contributed by atoms with van der Waals surface area (Å²) < 4.78 is 24.4. The van der Waals surface area contributed by atoms with Gasteiger partial charge in [0, 0.05) is 37.0 Å². The number of cyclic esters (lactones) is 1. The second kappa shape index (κ2) is 11.1. The van der Waals surface area contributed by atoms with Crippen LogP contribution in [0.25, 0.3) is 0 Å². The van der Waals surface area contributed by atoms with Gasteiger partial charge in [-0.25, -0.2) is 9.59 Å². The molecule has 10 atom stereocenters. The number of carbonyl (C=O) groups is 2. The van der Waals surface area contributed by atoms with Crippen LogP contribution >= 0.6 is 0 Å². The van der Waals surface area contributed by atoms with Gasteiger partial charge in [0.1, 0.15) is 24.0 Å². The van der Waals surface area contributed by atoms with E-state index in [2.05, 4.69) is 37.1 Å². The molecule has 0 unspecified atom stereocenters. The maximum Gasteiger partial charge on any atom is 0.355 e. The minimum Gasteiger partial charge on any atom is -0.460 e. The van der Waals surface area contributed by atoms with Gasteiger partial charge in [-0.15, -0.1) is 0 Å². The van der Waals surface area contributed by atoms with Gasteiger partial charge in [-0.2, -0.15) is 0 Å². The van der Waals surface area contributed by atoms with E-state index in [9.17, 15) is 14.7 Å². The lowest BCUT2D eigenvalue weighted by Crippen LogP contribution is -2.46. The second-order valence-electron chi connectivity index (χ2n) is 10.9. The molecule has 0 amide bonds. The van der Waals surface area contributed by atoms with E-state index in [0.29, 0.717) is 25.0 Å². The summed E-state index contributed by atoms with van der Waals surface area (Å²) in [4.78, 5) is 28.8. The lowest BCUT2D eigenvalue weighted by Gasteiger charge is -2.41. The van der Waals surface area contributed by atoms with Crippen LogP contribution in [0.1, 0.15) is 64.4 Å². The van der Waals surface area contributed by atoms with Crippen molar-refractivity contribution >= 4 is 11.9 Å². The number of aromatic amines is 1. The van der Waals surface area contributed by atoms with E-state index >= 15 is 0 Å². The number of rotatable bonds is 7. The highest BCUT2D eigenvalue weighted by molar-refractivity contribution is 5.87. The van der Waals surface area contributed by atoms with Gasteiger partial charge in [-0.05, 0) is 50.8 Å². The number of hydrogen-bond donors (Lipinski definition) is 2. The SMILES string of the molecule is CC[C@H]1OC(=O)[C@@H](OC)C[C@H]2C=C[C@@H]3C[C@]2(O[C@H]3[C@H](OC(=O)c2ccc[nH]2)[C@H](C)[C@H](C)O)/C(C)=C/[C@H]1C. The van der Waals surface area contributed by atoms with E-state index in [1.165, 1.54) is 7.11 Å². The molecule has 1 saturated heterocycles. The molecule has 4 rings (SSSR count). The van der Waals surface area contributed by atoms with Gasteiger partial charge in [-0.1, -0.05) is 39.0 Å². The van der Waals surface area contributed by atoms with Crippen molar-refractivity contribution in [3.05, 3.63) is 47.8 Å². The molecule has 2 N–H and O–H groups in total. The minimum atomic E-state index is -0.712. The van der Waals surface area contributed by atoms with Crippen LogP contribution in [-0.4, -0.2) is 65.3 Å². The smallest absolute Gasteiger partial charge is 0.355 e. The molecule has 204 valence electrons. The predicted molar refractivity (Wildman–Crippen MR) is 138 cm³/mol. The van der Waals surface area contributed by atoms with Gasteiger partial charge in [0.05, 0.1) is 11.7 Å². The zero-order valence-corrected chi connectivity index (χ0v) is 22.7. The number of methoxy groups -OCH3 is 1. The molecule has 2 aliphatic heterocycles. The zero-order chi connectivity index (χ0) is 26.9. The molecule has 0 saturated carbocycles. The average molecular weight is 516 g/mol. The van der Waals surface area contributed by atoms with E-state index in [1.54, 1.807) is 25.3 Å². The number of H-pyrrole nitrogens is 1. The quantitative estimate of drug-likeness (QED) is 0.414. The maximum atomic E-state index is 13.0. The Morgan fingerprint density at radius 2 is 2.08 bits per heavy atom. The summed E-state index contributed by atoms with van der Waals surface area (Å²) in [5, 5.41) is 10.5. The first-order chi connectivity index (χ1) is 17.6. The molecule has 3 aliphatic rings. The van der Waals surface area contributed by atoms with Gasteiger partial charge in [0.2, 0.25) is 0 Å². The van der Waals surface area contributed by atoms with Crippen molar-refractivity contribution in [2.45, 2.75) is 90.0 Å². The summed E-state index contributed by atoms with van der Waals surface area (Å²) in [5.41, 5.74) is 0.749. The monoisotopic (exact) mass is 515 g/mol. The van der Waals surface area contributed by atoms with Crippen molar-refractivity contribution < 1.29 is 33.6 Å². The third-order valence-electron chi connectivity index (χ3n) is 8.61. The summed E-state index contributed by atoms with van der Waals surface area (Å²) in [6, 6.07) is 3.41. The number of fused-ring (bicyclic) bond motifs is 1. The summed E-state index contributed by atoms with van der Waals surface area (Å²) >= 11 is 0. The molecule has 1 aromatic rings. The summed E-state index contributed by atoms with van der Waals surface area (Å²) in [6.45, 7) is 9.72. The Balaban J connectivity index is 1.72. The fraction of sp³-hybridized carbons (Fsp3) is 0.655. The maximum absolute atomic E-state index is 13.0. The van der Waals surface area contributed by atoms with Gasteiger partial charge in [0.25, 0.3) is 0 Å². The van der Waals surface area contributed by atoms with Crippen LogP contribution < -0.4 is 0 Å². The molecule has 0 aromatic carbocycles. The van der Waals surface area contributed by atoms with E-state index in [1.807, 2.05) is 13.8 Å². The molecule has 1 fully saturated rings. The molecule has 0 radical (unpaired) electrons. The number of aliphatic hydroxyl groups is 1. The van der Waals surface area contributed by atoms with Crippen molar-refractivity contribution in [1.29, 1.82) is 0 Å². The Morgan fingerprint density at radius 3 is 2.70 bits per heavy atom. The lowest BCUT2D eigenvalue weighted by atomic mass is 9.69. The molecule has 8 nitrogen and oxygen atoms in total. The Morgan fingerprint density at radius 1 is 1.32 bits per heavy atom. The largest absolute Gasteiger partial charge is 0.460 e. The molecule has 37 heavy (non-hydrogen) atoms. The molecule has 3 heterocycles. The van der Waals surface area contributed by atoms with Gasteiger partial charge in [0.15, 0.2) is 6.10 Å². The van der Waals surface area contributed by atoms with Gasteiger partial charge < -0.3 is 29.0 Å². The average Bonchev–Trinajstić information content (AvgIpc) is 3.52. The van der Waals surface area contributed by atoms with Crippen molar-refractivity contribution in [2.75, 3.05) is 7.11 Å². The zero-order valence-electron chi connectivity index (χ0n) is 22.7. The molecule has 8 heteroatoms. The predicted octanol–water partition coefficient (Wildman–Crippen LogP) is 4.21. The van der Waals surface area contributed by atoms with Crippen LogP contribution in [0, 0.1) is 23.7 Å². The highest BCUT2D eigenvalue weighted by Crippen LogP contribution is 2.53. The van der Waals surface area contributed by atoms with Crippen molar-refractivity contribution in [3.8, 4) is 0 Å². The number of aromatic nitrogens is 1. The first kappa shape index (κ1) is 27.6. The lowest BCUT2D eigenvalue weighted by molar-refractivity contribution is -0.166. The van der Waals surface area contributed by atoms with Crippen LogP contribution in [-0.2, 0) is 23.7 Å². The number of esters is 2. The first-order valence-corrected chi connectivity index (χ1v) is 13.4. The first-order valence-electron chi connectivity index (χ1n) is 13.4. The molecule has 1 aromatic heterocycles. The van der Waals surface area contributed by atoms with Gasteiger partial charge in [-0.3, -0.25) is 0 Å². The Hall–Kier alpha value is -2.42. The standard InChI is InChI=1S/C29H41NO7/c1-7-23-16(2)13-17(3)29-15-20(10-11-21(29)14-24(34-6)28(33)35-23)26(37-29)25(18(4)19(5)31)36-27(32)22-9-8-12-30-22/h8-13,16,18-21,23-26,30-31H,7,14-15H2,1-6H3/b17-13+/t16-,18-,19+,20-,21-,23-,24+,25-,26-,29+/m1/s1. The normalized spacial score (nSPS) is 37.5. The third kappa shape index (κ3) is 5.29. The van der Waals surface area contributed by atoms with E-state index in [0.717, 1.165) is 5.57 Å². The van der Waals surface area contributed by atoms with E-state index in [-0.39, 0.29) is 35.7 Å². The third-order valence-corrected chi connectivity index (χ3v) is 8.61. The highest BCUT2D eigenvalue weighted by atomic mass is 16.6. The Bertz CT molecular complexity index is 1020. The van der Waals surface area contributed by atoms with Crippen LogP contribution in [0.15, 0.2) is 42.1 Å². The second-order valence-corrected chi connectivity index (χ2v) is 10.9. The summed E-state index contributed by atoms with van der Waals surface area (Å²) in [7, 11) is 1.53. The molecule has 1 spiro atoms. The number of aliphatic hydroxyl groups excluding tert-OH is 1. The van der Waals surface area contributed by atoms with Crippen molar-refractivity contribution in [1.82, 2.24) is 4.98 Å². The highest BCUT2D eigenvalue weighted by Gasteiger charge is 2.57. The minimum absolute atomic E-state index is 0.00974.